The zero-order valence-electron chi connectivity index (χ0n) is 16.5. The third-order valence-corrected chi connectivity index (χ3v) is 9.01. The van der Waals surface area contributed by atoms with E-state index in [0.717, 1.165) is 11.4 Å². The number of rotatable bonds is 7. The Morgan fingerprint density at radius 2 is 2.03 bits per heavy atom. The van der Waals surface area contributed by atoms with Gasteiger partial charge in [0.25, 0.3) is 10.0 Å². The van der Waals surface area contributed by atoms with Crippen LogP contribution in [-0.4, -0.2) is 58.6 Å². The van der Waals surface area contributed by atoms with Crippen LogP contribution in [0.2, 0.25) is 0 Å². The fourth-order valence-electron chi connectivity index (χ4n) is 2.82. The van der Waals surface area contributed by atoms with Gasteiger partial charge in [-0.15, -0.1) is 46.7 Å². The summed E-state index contributed by atoms with van der Waals surface area (Å²) in [5.41, 5.74) is 0. The maximum absolute atomic E-state index is 12.7. The highest BCUT2D eigenvalue weighted by atomic mass is 127. The second-order valence-electron chi connectivity index (χ2n) is 6.46. The molecule has 2 aromatic rings. The molecule has 0 amide bonds. The fraction of sp³-hybridized carbons (Fsp3) is 0.500. The van der Waals surface area contributed by atoms with Crippen molar-refractivity contribution in [3.63, 3.8) is 0 Å². The van der Waals surface area contributed by atoms with Crippen LogP contribution in [0.4, 0.5) is 0 Å². The average Bonchev–Trinajstić information content (AvgIpc) is 3.41. The summed E-state index contributed by atoms with van der Waals surface area (Å²) in [6.45, 7) is 5.20. The van der Waals surface area contributed by atoms with E-state index in [-0.39, 0.29) is 24.0 Å². The molecule has 1 aliphatic heterocycles. The number of halogens is 1. The van der Waals surface area contributed by atoms with Crippen molar-refractivity contribution in [1.82, 2.24) is 14.9 Å². The van der Waals surface area contributed by atoms with E-state index in [0.29, 0.717) is 48.9 Å². The molecule has 7 nitrogen and oxygen atoms in total. The first-order chi connectivity index (χ1) is 13.5. The Kier molecular flexibility index (Phi) is 9.82. The molecule has 3 heterocycles. The molecule has 2 N–H and O–H groups in total. The van der Waals surface area contributed by atoms with Crippen molar-refractivity contribution < 1.29 is 13.2 Å². The summed E-state index contributed by atoms with van der Waals surface area (Å²) >= 11 is 3.04. The van der Waals surface area contributed by atoms with E-state index >= 15 is 0 Å². The van der Waals surface area contributed by atoms with E-state index in [1.54, 1.807) is 24.5 Å². The number of hydrogen-bond donors (Lipinski definition) is 2. The summed E-state index contributed by atoms with van der Waals surface area (Å²) < 4.78 is 32.5. The van der Waals surface area contributed by atoms with Gasteiger partial charge >= 0.3 is 0 Å². The molecule has 29 heavy (non-hydrogen) atoms. The summed E-state index contributed by atoms with van der Waals surface area (Å²) in [6.07, 6.45) is 0. The van der Waals surface area contributed by atoms with Gasteiger partial charge in [-0.3, -0.25) is 4.99 Å². The van der Waals surface area contributed by atoms with Gasteiger partial charge < -0.3 is 15.4 Å². The van der Waals surface area contributed by atoms with Crippen LogP contribution in [0.3, 0.4) is 0 Å². The second kappa shape index (κ2) is 11.6. The molecule has 0 radical (unpaired) electrons. The topological polar surface area (TPSA) is 83.0 Å². The van der Waals surface area contributed by atoms with Crippen LogP contribution in [0.25, 0.3) is 0 Å². The summed E-state index contributed by atoms with van der Waals surface area (Å²) in [5, 5.41) is 8.66. The zero-order valence-corrected chi connectivity index (χ0v) is 21.2. The molecule has 1 fully saturated rings. The van der Waals surface area contributed by atoms with E-state index in [9.17, 15) is 8.42 Å². The summed E-state index contributed by atoms with van der Waals surface area (Å²) in [4.78, 5) is 6.53. The predicted octanol–water partition coefficient (Wildman–Crippen LogP) is 2.92. The molecular formula is C18H27IN4O3S3. The van der Waals surface area contributed by atoms with Gasteiger partial charge in [0.05, 0.1) is 19.8 Å². The quantitative estimate of drug-likeness (QED) is 0.304. The molecule has 0 aromatic carbocycles. The predicted molar refractivity (Wildman–Crippen MR) is 130 cm³/mol. The number of nitrogens with one attached hydrogen (secondary N) is 2. The Morgan fingerprint density at radius 1 is 1.28 bits per heavy atom. The maximum atomic E-state index is 12.7. The summed E-state index contributed by atoms with van der Waals surface area (Å²) in [7, 11) is -1.70. The van der Waals surface area contributed by atoms with Crippen LogP contribution < -0.4 is 10.6 Å². The van der Waals surface area contributed by atoms with E-state index in [2.05, 4.69) is 40.1 Å². The maximum Gasteiger partial charge on any atom is 0.252 e. The van der Waals surface area contributed by atoms with Crippen molar-refractivity contribution in [3.05, 3.63) is 39.4 Å². The number of sulfonamides is 1. The molecule has 1 unspecified atom stereocenters. The van der Waals surface area contributed by atoms with E-state index < -0.39 is 10.0 Å². The van der Waals surface area contributed by atoms with Crippen LogP contribution in [0, 0.1) is 0 Å². The number of nitrogens with zero attached hydrogens (tertiary/aromatic N) is 2. The normalized spacial score (nSPS) is 16.8. The Balaban J connectivity index is 0.00000300. The van der Waals surface area contributed by atoms with Crippen LogP contribution in [0.15, 0.2) is 38.8 Å². The number of ether oxygens (including phenoxy) is 1. The van der Waals surface area contributed by atoms with Gasteiger partial charge in [-0.2, -0.15) is 4.31 Å². The van der Waals surface area contributed by atoms with E-state index in [1.165, 1.54) is 20.5 Å². The van der Waals surface area contributed by atoms with Gasteiger partial charge in [0, 0.05) is 42.4 Å². The van der Waals surface area contributed by atoms with Gasteiger partial charge in [-0.1, -0.05) is 13.0 Å². The van der Waals surface area contributed by atoms with Crippen molar-refractivity contribution in [3.8, 4) is 0 Å². The highest BCUT2D eigenvalue weighted by Crippen LogP contribution is 2.25. The minimum Gasteiger partial charge on any atom is -0.379 e. The van der Waals surface area contributed by atoms with Crippen molar-refractivity contribution >= 4 is 62.6 Å². The number of aliphatic imine (C=N–C) groups is 1. The molecule has 162 valence electrons. The van der Waals surface area contributed by atoms with E-state index in [1.807, 2.05) is 6.07 Å². The number of hydrogen-bond acceptors (Lipinski definition) is 6. The summed E-state index contributed by atoms with van der Waals surface area (Å²) in [5.74, 6) is 1.10. The molecule has 11 heteroatoms. The zero-order chi connectivity index (χ0) is 20.0. The first-order valence-electron chi connectivity index (χ1n) is 9.15. The SMILES string of the molecule is CN=C(NCc1ccc(S(=O)(=O)N2CCOCC2)s1)NCC(C)c1cccs1.I. The lowest BCUT2D eigenvalue weighted by atomic mass is 10.1. The molecule has 1 aliphatic rings. The third-order valence-electron chi connectivity index (χ3n) is 4.46. The molecule has 3 rings (SSSR count). The van der Waals surface area contributed by atoms with Crippen molar-refractivity contribution in [2.45, 2.75) is 23.6 Å². The van der Waals surface area contributed by atoms with Crippen LogP contribution in [0.1, 0.15) is 22.6 Å². The Bertz CT molecular complexity index is 878. The summed E-state index contributed by atoms with van der Waals surface area (Å²) in [6, 6.07) is 7.73. The molecule has 0 bridgehead atoms. The highest BCUT2D eigenvalue weighted by molar-refractivity contribution is 14.0. The number of guanidine groups is 1. The largest absolute Gasteiger partial charge is 0.379 e. The standard InChI is InChI=1S/C18H26N4O3S3.HI/c1-14(16-4-3-11-26-16)12-20-18(19-2)21-13-15-5-6-17(27-15)28(23,24)22-7-9-25-10-8-22;/h3-6,11,14H,7-10,12-13H2,1-2H3,(H2,19,20,21);1H. The first kappa shape index (κ1) is 24.5. The van der Waals surface area contributed by atoms with Gasteiger partial charge in [0.15, 0.2) is 5.96 Å². The van der Waals surface area contributed by atoms with Gasteiger partial charge in [0.1, 0.15) is 4.21 Å². The lowest BCUT2D eigenvalue weighted by molar-refractivity contribution is 0.0731. The van der Waals surface area contributed by atoms with Crippen molar-refractivity contribution in [2.75, 3.05) is 39.9 Å². The molecule has 2 aromatic heterocycles. The lowest BCUT2D eigenvalue weighted by Gasteiger charge is -2.25. The third kappa shape index (κ3) is 6.62. The van der Waals surface area contributed by atoms with Crippen LogP contribution in [-0.2, 0) is 21.3 Å². The van der Waals surface area contributed by atoms with E-state index in [4.69, 9.17) is 4.74 Å². The molecular weight excluding hydrogens is 543 g/mol. The fourth-order valence-corrected chi connectivity index (χ4v) is 6.46. The minimum absolute atomic E-state index is 0. The minimum atomic E-state index is -3.43. The Labute approximate surface area is 197 Å². The smallest absolute Gasteiger partial charge is 0.252 e. The van der Waals surface area contributed by atoms with Crippen molar-refractivity contribution in [1.29, 1.82) is 0 Å². The Hall–Kier alpha value is -0.730. The molecule has 1 saturated heterocycles. The van der Waals surface area contributed by atoms with Gasteiger partial charge in [0.2, 0.25) is 0 Å². The highest BCUT2D eigenvalue weighted by Gasteiger charge is 2.27. The van der Waals surface area contributed by atoms with Gasteiger partial charge in [-0.05, 0) is 23.6 Å². The van der Waals surface area contributed by atoms with Crippen LogP contribution >= 0.6 is 46.7 Å². The second-order valence-corrected chi connectivity index (χ2v) is 10.8. The van der Waals surface area contributed by atoms with Crippen LogP contribution in [0.5, 0.6) is 0 Å². The average molecular weight is 571 g/mol. The van der Waals surface area contributed by atoms with Gasteiger partial charge in [-0.25, -0.2) is 8.42 Å². The number of thiophene rings is 2. The molecule has 0 spiro atoms. The Morgan fingerprint density at radius 3 is 2.69 bits per heavy atom. The molecule has 0 saturated carbocycles. The van der Waals surface area contributed by atoms with Crippen molar-refractivity contribution in [2.24, 2.45) is 4.99 Å². The monoisotopic (exact) mass is 570 g/mol. The first-order valence-corrected chi connectivity index (χ1v) is 12.3. The lowest BCUT2D eigenvalue weighted by Crippen LogP contribution is -2.40. The number of morpholine rings is 1. The molecule has 0 aliphatic carbocycles. The molecule has 1 atom stereocenters.